The zero-order valence-corrected chi connectivity index (χ0v) is 11.7. The number of nitrogens with one attached hydrogen (secondary N) is 2. The van der Waals surface area contributed by atoms with Crippen LogP contribution in [-0.2, 0) is 4.74 Å². The molecule has 1 aliphatic rings. The predicted molar refractivity (Wildman–Crippen MR) is 69.0 cm³/mol. The van der Waals surface area contributed by atoms with Crippen molar-refractivity contribution < 1.29 is 9.53 Å². The first-order chi connectivity index (χ1) is 7.78. The average Bonchev–Trinajstić information content (AvgIpc) is 2.17. The highest BCUT2D eigenvalue weighted by atomic mass is 16.6. The Labute approximate surface area is 104 Å². The Bertz CT molecular complexity index is 261. The second kappa shape index (κ2) is 5.71. The zero-order valence-electron chi connectivity index (χ0n) is 11.7. The van der Waals surface area contributed by atoms with Crippen LogP contribution in [-0.4, -0.2) is 30.3 Å². The molecule has 0 aromatic rings. The quantitative estimate of drug-likeness (QED) is 0.781. The second-order valence-corrected chi connectivity index (χ2v) is 6.09. The van der Waals surface area contributed by atoms with Gasteiger partial charge in [0, 0.05) is 18.6 Å². The molecule has 2 N–H and O–H groups in total. The monoisotopic (exact) mass is 242 g/mol. The molecule has 1 rings (SSSR count). The highest BCUT2D eigenvalue weighted by Crippen LogP contribution is 2.18. The summed E-state index contributed by atoms with van der Waals surface area (Å²) in [5.74, 6) is 0.716. The van der Waals surface area contributed by atoms with E-state index in [0.29, 0.717) is 24.5 Å². The Morgan fingerprint density at radius 1 is 1.35 bits per heavy atom. The first kappa shape index (κ1) is 14.3. The van der Waals surface area contributed by atoms with Crippen molar-refractivity contribution in [3.63, 3.8) is 0 Å². The standard InChI is InChI=1S/C13H26N2O2/c1-9-6-7-11(15-10(9)2)8-14-12(16)17-13(3,4)5/h9-11,15H,6-8H2,1-5H3,(H,14,16)/t9-,10+,11-/m1/s1. The van der Waals surface area contributed by atoms with Crippen molar-refractivity contribution in [3.05, 3.63) is 0 Å². The molecule has 0 aromatic carbocycles. The third kappa shape index (κ3) is 5.39. The molecule has 4 heteroatoms. The van der Waals surface area contributed by atoms with Crippen molar-refractivity contribution in [2.24, 2.45) is 5.92 Å². The van der Waals surface area contributed by atoms with Crippen molar-refractivity contribution in [1.82, 2.24) is 10.6 Å². The molecule has 17 heavy (non-hydrogen) atoms. The molecule has 0 aliphatic carbocycles. The molecule has 0 bridgehead atoms. The van der Waals surface area contributed by atoms with E-state index in [4.69, 9.17) is 4.74 Å². The van der Waals surface area contributed by atoms with Crippen molar-refractivity contribution in [3.8, 4) is 0 Å². The summed E-state index contributed by atoms with van der Waals surface area (Å²) in [5, 5.41) is 6.33. The van der Waals surface area contributed by atoms with E-state index >= 15 is 0 Å². The molecule has 0 aromatic heterocycles. The van der Waals surface area contributed by atoms with E-state index in [1.54, 1.807) is 0 Å². The summed E-state index contributed by atoms with van der Waals surface area (Å²) in [6.07, 6.45) is 2.00. The van der Waals surface area contributed by atoms with Gasteiger partial charge in [0.15, 0.2) is 0 Å². The summed E-state index contributed by atoms with van der Waals surface area (Å²) in [5.41, 5.74) is -0.425. The number of alkyl carbamates (subject to hydrolysis) is 1. The van der Waals surface area contributed by atoms with Crippen LogP contribution in [0.4, 0.5) is 4.79 Å². The van der Waals surface area contributed by atoms with Crippen LogP contribution in [0.1, 0.15) is 47.5 Å². The summed E-state index contributed by atoms with van der Waals surface area (Å²) < 4.78 is 5.20. The Morgan fingerprint density at radius 2 is 2.00 bits per heavy atom. The number of hydrogen-bond donors (Lipinski definition) is 2. The van der Waals surface area contributed by atoms with Crippen LogP contribution in [0.3, 0.4) is 0 Å². The minimum Gasteiger partial charge on any atom is -0.444 e. The molecule has 1 heterocycles. The molecule has 0 radical (unpaired) electrons. The number of hydrogen-bond acceptors (Lipinski definition) is 3. The van der Waals surface area contributed by atoms with Crippen molar-refractivity contribution in [1.29, 1.82) is 0 Å². The average molecular weight is 242 g/mol. The van der Waals surface area contributed by atoms with E-state index in [9.17, 15) is 4.79 Å². The van der Waals surface area contributed by atoms with E-state index in [1.807, 2.05) is 20.8 Å². The van der Waals surface area contributed by atoms with Gasteiger partial charge in [-0.25, -0.2) is 4.79 Å². The normalized spacial score (nSPS) is 29.8. The fraction of sp³-hybridized carbons (Fsp3) is 0.923. The number of carbonyl (C=O) groups is 1. The smallest absolute Gasteiger partial charge is 0.407 e. The van der Waals surface area contributed by atoms with E-state index in [1.165, 1.54) is 6.42 Å². The maximum Gasteiger partial charge on any atom is 0.407 e. The summed E-state index contributed by atoms with van der Waals surface area (Å²) in [6, 6.07) is 0.892. The topological polar surface area (TPSA) is 50.4 Å². The number of rotatable bonds is 2. The molecular formula is C13H26N2O2. The van der Waals surface area contributed by atoms with Crippen molar-refractivity contribution in [2.75, 3.05) is 6.54 Å². The first-order valence-electron chi connectivity index (χ1n) is 6.51. The van der Waals surface area contributed by atoms with Crippen molar-refractivity contribution >= 4 is 6.09 Å². The van der Waals surface area contributed by atoms with Crippen LogP contribution < -0.4 is 10.6 Å². The van der Waals surface area contributed by atoms with Crippen molar-refractivity contribution in [2.45, 2.75) is 65.1 Å². The molecule has 0 unspecified atom stereocenters. The van der Waals surface area contributed by atoms with Crippen LogP contribution in [0, 0.1) is 5.92 Å². The molecule has 3 atom stereocenters. The zero-order chi connectivity index (χ0) is 13.1. The van der Waals surface area contributed by atoms with Gasteiger partial charge < -0.3 is 15.4 Å². The van der Waals surface area contributed by atoms with Gasteiger partial charge in [-0.2, -0.15) is 0 Å². The predicted octanol–water partition coefficient (Wildman–Crippen LogP) is 2.29. The number of carbonyl (C=O) groups excluding carboxylic acids is 1. The molecule has 1 aliphatic heterocycles. The number of piperidine rings is 1. The lowest BCUT2D eigenvalue weighted by Gasteiger charge is -2.34. The van der Waals surface area contributed by atoms with E-state index in [2.05, 4.69) is 24.5 Å². The van der Waals surface area contributed by atoms with Gasteiger partial charge in [-0.3, -0.25) is 0 Å². The van der Waals surface area contributed by atoms with Crippen LogP contribution in [0.15, 0.2) is 0 Å². The third-order valence-corrected chi connectivity index (χ3v) is 3.21. The van der Waals surface area contributed by atoms with Gasteiger partial charge in [-0.05, 0) is 46.5 Å². The Morgan fingerprint density at radius 3 is 2.53 bits per heavy atom. The summed E-state index contributed by atoms with van der Waals surface area (Å²) in [6.45, 7) is 10.7. The third-order valence-electron chi connectivity index (χ3n) is 3.21. The summed E-state index contributed by atoms with van der Waals surface area (Å²) in [7, 11) is 0. The highest BCUT2D eigenvalue weighted by Gasteiger charge is 2.24. The Balaban J connectivity index is 2.25. The molecule has 1 amide bonds. The summed E-state index contributed by atoms with van der Waals surface area (Å²) >= 11 is 0. The first-order valence-corrected chi connectivity index (χ1v) is 6.51. The summed E-state index contributed by atoms with van der Waals surface area (Å²) in [4.78, 5) is 11.5. The highest BCUT2D eigenvalue weighted by molar-refractivity contribution is 5.67. The largest absolute Gasteiger partial charge is 0.444 e. The molecule has 1 fully saturated rings. The molecular weight excluding hydrogens is 216 g/mol. The van der Waals surface area contributed by atoms with Gasteiger partial charge in [-0.1, -0.05) is 6.92 Å². The molecule has 1 saturated heterocycles. The van der Waals surface area contributed by atoms with Gasteiger partial charge >= 0.3 is 6.09 Å². The molecule has 0 saturated carbocycles. The second-order valence-electron chi connectivity index (χ2n) is 6.09. The van der Waals surface area contributed by atoms with E-state index in [0.717, 1.165) is 6.42 Å². The van der Waals surface area contributed by atoms with Gasteiger partial charge in [0.25, 0.3) is 0 Å². The number of amides is 1. The van der Waals surface area contributed by atoms with Gasteiger partial charge in [0.05, 0.1) is 0 Å². The lowest BCUT2D eigenvalue weighted by atomic mass is 9.90. The minimum atomic E-state index is -0.425. The van der Waals surface area contributed by atoms with Crippen LogP contribution in [0.5, 0.6) is 0 Å². The minimum absolute atomic E-state index is 0.328. The maximum absolute atomic E-state index is 11.5. The van der Waals surface area contributed by atoms with Crippen LogP contribution in [0.2, 0.25) is 0 Å². The number of ether oxygens (including phenoxy) is 1. The fourth-order valence-corrected chi connectivity index (χ4v) is 2.02. The van der Waals surface area contributed by atoms with E-state index < -0.39 is 5.60 Å². The van der Waals surface area contributed by atoms with Gasteiger partial charge in [-0.15, -0.1) is 0 Å². The Kier molecular flexibility index (Phi) is 4.80. The van der Waals surface area contributed by atoms with Gasteiger partial charge in [0.2, 0.25) is 0 Å². The molecule has 4 nitrogen and oxygen atoms in total. The lowest BCUT2D eigenvalue weighted by Crippen LogP contribution is -2.50. The van der Waals surface area contributed by atoms with Crippen LogP contribution >= 0.6 is 0 Å². The maximum atomic E-state index is 11.5. The lowest BCUT2D eigenvalue weighted by molar-refractivity contribution is 0.0517. The Hall–Kier alpha value is -0.770. The fourth-order valence-electron chi connectivity index (χ4n) is 2.02. The van der Waals surface area contributed by atoms with Gasteiger partial charge in [0.1, 0.15) is 5.60 Å². The molecule has 100 valence electrons. The van der Waals surface area contributed by atoms with E-state index in [-0.39, 0.29) is 6.09 Å². The SMILES string of the molecule is C[C@@H]1CC[C@H](CNC(=O)OC(C)(C)C)N[C@H]1C. The van der Waals surface area contributed by atoms with Crippen LogP contribution in [0.25, 0.3) is 0 Å². The molecule has 0 spiro atoms.